The Labute approximate surface area is 218 Å². The van der Waals surface area contributed by atoms with Crippen LogP contribution in [0.25, 0.3) is 11.0 Å². The predicted molar refractivity (Wildman–Crippen MR) is 138 cm³/mol. The van der Waals surface area contributed by atoms with E-state index in [0.29, 0.717) is 18.0 Å². The molecule has 0 spiro atoms. The zero-order chi connectivity index (χ0) is 26.7. The topological polar surface area (TPSA) is 95.3 Å². The number of carbonyl (C=O) groups is 3. The largest absolute Gasteiger partial charge is 0.460 e. The minimum Gasteiger partial charge on any atom is -0.460 e. The molecular formula is C29H39NO7. The van der Waals surface area contributed by atoms with Gasteiger partial charge in [-0.1, -0.05) is 6.07 Å². The molecule has 0 N–H and O–H groups in total. The third-order valence-electron chi connectivity index (χ3n) is 7.50. The Morgan fingerprint density at radius 3 is 2.43 bits per heavy atom. The van der Waals surface area contributed by atoms with Gasteiger partial charge in [-0.3, -0.25) is 9.69 Å². The number of hydrogen-bond acceptors (Lipinski definition) is 7. The molecule has 2 aromatic rings. The molecular weight excluding hydrogens is 474 g/mol. The molecule has 1 aromatic carbocycles. The SMILES string of the molecule is CCOC(=O)c1cc2cc(CC(=O)[C@@H]3[C@H](C4CCC(OC)CC4)CCN3C(=O)OC(C)(C)C)ccc2o1. The monoisotopic (exact) mass is 513 g/mol. The maximum Gasteiger partial charge on any atom is 0.410 e. The third kappa shape index (κ3) is 6.35. The van der Waals surface area contributed by atoms with Crippen LogP contribution in [0.1, 0.15) is 75.9 Å². The lowest BCUT2D eigenvalue weighted by atomic mass is 9.74. The van der Waals surface area contributed by atoms with Crippen molar-refractivity contribution in [3.05, 3.63) is 35.6 Å². The molecule has 2 heterocycles. The standard InChI is InChI=1S/C29H39NO7/c1-6-35-27(32)25-17-20-15-18(7-12-24(20)36-25)16-23(31)26-22(19-8-10-21(34-5)11-9-19)13-14-30(26)28(33)37-29(2,3)4/h7,12,15,17,19,21-22,26H,6,8-11,13-14,16H2,1-5H3/t19?,21?,22-,26-/m0/s1. The highest BCUT2D eigenvalue weighted by molar-refractivity contribution is 5.94. The van der Waals surface area contributed by atoms with Gasteiger partial charge in [-0.05, 0) is 95.4 Å². The van der Waals surface area contributed by atoms with Crippen LogP contribution in [0.5, 0.6) is 0 Å². The van der Waals surface area contributed by atoms with E-state index in [1.54, 1.807) is 31.1 Å². The number of ether oxygens (including phenoxy) is 3. The molecule has 37 heavy (non-hydrogen) atoms. The first-order chi connectivity index (χ1) is 17.6. The van der Waals surface area contributed by atoms with E-state index in [1.165, 1.54) is 0 Å². The zero-order valence-corrected chi connectivity index (χ0v) is 22.6. The van der Waals surface area contributed by atoms with E-state index in [4.69, 9.17) is 18.6 Å². The Balaban J connectivity index is 1.55. The van der Waals surface area contributed by atoms with Crippen LogP contribution in [0.4, 0.5) is 4.79 Å². The number of benzene rings is 1. The Morgan fingerprint density at radius 2 is 1.78 bits per heavy atom. The molecule has 2 fully saturated rings. The van der Waals surface area contributed by atoms with Crippen molar-refractivity contribution < 1.29 is 33.0 Å². The van der Waals surface area contributed by atoms with Crippen molar-refractivity contribution in [2.24, 2.45) is 11.8 Å². The van der Waals surface area contributed by atoms with Gasteiger partial charge in [0.2, 0.25) is 5.76 Å². The average molecular weight is 514 g/mol. The van der Waals surface area contributed by atoms with Gasteiger partial charge in [0.25, 0.3) is 0 Å². The maximum atomic E-state index is 13.8. The van der Waals surface area contributed by atoms with Crippen molar-refractivity contribution in [3.63, 3.8) is 0 Å². The van der Waals surface area contributed by atoms with E-state index >= 15 is 0 Å². The van der Waals surface area contributed by atoms with Crippen molar-refractivity contribution in [1.82, 2.24) is 4.90 Å². The summed E-state index contributed by atoms with van der Waals surface area (Å²) in [5.74, 6) is 0.109. The minimum atomic E-state index is -0.637. The van der Waals surface area contributed by atoms with Crippen molar-refractivity contribution in [1.29, 1.82) is 0 Å². The number of esters is 1. The molecule has 0 unspecified atom stereocenters. The molecule has 1 aliphatic heterocycles. The van der Waals surface area contributed by atoms with Crippen LogP contribution in [0.2, 0.25) is 0 Å². The number of rotatable bonds is 7. The first-order valence-corrected chi connectivity index (χ1v) is 13.3. The van der Waals surface area contributed by atoms with Gasteiger partial charge in [0.15, 0.2) is 5.78 Å². The molecule has 8 heteroatoms. The highest BCUT2D eigenvalue weighted by Crippen LogP contribution is 2.40. The van der Waals surface area contributed by atoms with Crippen LogP contribution in [0, 0.1) is 11.8 Å². The second-order valence-corrected chi connectivity index (χ2v) is 11.2. The summed E-state index contributed by atoms with van der Waals surface area (Å²) in [6, 6.07) is 6.59. The van der Waals surface area contributed by atoms with Gasteiger partial charge < -0.3 is 18.6 Å². The van der Waals surface area contributed by atoms with E-state index in [2.05, 4.69) is 0 Å². The predicted octanol–water partition coefficient (Wildman–Crippen LogP) is 5.55. The van der Waals surface area contributed by atoms with E-state index < -0.39 is 23.7 Å². The molecule has 202 valence electrons. The number of Topliss-reactive ketones (excluding diaryl/α,β-unsaturated/α-hetero) is 1. The first kappa shape index (κ1) is 27.2. The summed E-state index contributed by atoms with van der Waals surface area (Å²) in [4.78, 5) is 40.7. The number of carbonyl (C=O) groups excluding carboxylic acids is 3. The molecule has 2 atom stereocenters. The molecule has 1 aliphatic carbocycles. The Bertz CT molecular complexity index is 1120. The van der Waals surface area contributed by atoms with Gasteiger partial charge in [0, 0.05) is 25.5 Å². The van der Waals surface area contributed by atoms with Crippen LogP contribution >= 0.6 is 0 Å². The van der Waals surface area contributed by atoms with Crippen molar-refractivity contribution >= 4 is 28.8 Å². The second kappa shape index (κ2) is 11.3. The van der Waals surface area contributed by atoms with Crippen molar-refractivity contribution in [2.45, 2.75) is 84.0 Å². The summed E-state index contributed by atoms with van der Waals surface area (Å²) >= 11 is 0. The maximum absolute atomic E-state index is 13.8. The van der Waals surface area contributed by atoms with Crippen LogP contribution in [-0.2, 0) is 25.4 Å². The number of methoxy groups -OCH3 is 1. The number of hydrogen-bond donors (Lipinski definition) is 0. The quantitative estimate of drug-likeness (QED) is 0.448. The van der Waals surface area contributed by atoms with Crippen molar-refractivity contribution in [3.8, 4) is 0 Å². The average Bonchev–Trinajstić information content (AvgIpc) is 3.48. The van der Waals surface area contributed by atoms with E-state index in [-0.39, 0.29) is 36.6 Å². The fourth-order valence-corrected chi connectivity index (χ4v) is 5.81. The molecule has 2 aliphatic rings. The number of fused-ring (bicyclic) bond motifs is 1. The summed E-state index contributed by atoms with van der Waals surface area (Å²) in [7, 11) is 1.75. The van der Waals surface area contributed by atoms with E-state index in [0.717, 1.165) is 43.1 Å². The first-order valence-electron chi connectivity index (χ1n) is 13.3. The van der Waals surface area contributed by atoms with Gasteiger partial charge in [-0.2, -0.15) is 0 Å². The van der Waals surface area contributed by atoms with Crippen molar-refractivity contribution in [2.75, 3.05) is 20.3 Å². The summed E-state index contributed by atoms with van der Waals surface area (Å²) in [5, 5.41) is 0.734. The Kier molecular flexibility index (Phi) is 8.26. The Hall–Kier alpha value is -2.87. The van der Waals surface area contributed by atoms with Crippen LogP contribution < -0.4 is 0 Å². The fraction of sp³-hybridized carbons (Fsp3) is 0.621. The summed E-state index contributed by atoms with van der Waals surface area (Å²) in [6.45, 7) is 8.04. The van der Waals surface area contributed by atoms with Crippen LogP contribution in [0.3, 0.4) is 0 Å². The lowest BCUT2D eigenvalue weighted by molar-refractivity contribution is -0.124. The number of furan rings is 1. The lowest BCUT2D eigenvalue weighted by Gasteiger charge is -2.36. The van der Waals surface area contributed by atoms with E-state index in [9.17, 15) is 14.4 Å². The second-order valence-electron chi connectivity index (χ2n) is 11.2. The summed E-state index contributed by atoms with van der Waals surface area (Å²) < 4.78 is 21.9. The van der Waals surface area contributed by atoms with E-state index in [1.807, 2.05) is 32.9 Å². The third-order valence-corrected chi connectivity index (χ3v) is 7.50. The summed E-state index contributed by atoms with van der Waals surface area (Å²) in [5.41, 5.74) is 0.734. The number of ketones is 1. The highest BCUT2D eigenvalue weighted by atomic mass is 16.6. The number of amides is 1. The summed E-state index contributed by atoms with van der Waals surface area (Å²) in [6.07, 6.45) is 4.76. The Morgan fingerprint density at radius 1 is 1.05 bits per heavy atom. The molecule has 1 amide bonds. The lowest BCUT2D eigenvalue weighted by Crippen LogP contribution is -2.47. The van der Waals surface area contributed by atoms with Gasteiger partial charge in [-0.15, -0.1) is 0 Å². The molecule has 1 saturated heterocycles. The molecule has 1 aromatic heterocycles. The highest BCUT2D eigenvalue weighted by Gasteiger charge is 2.46. The normalized spacial score (nSPS) is 24.3. The fourth-order valence-electron chi connectivity index (χ4n) is 5.81. The van der Waals surface area contributed by atoms with Crippen LogP contribution in [0.15, 0.2) is 28.7 Å². The zero-order valence-electron chi connectivity index (χ0n) is 22.6. The molecule has 0 bridgehead atoms. The minimum absolute atomic E-state index is 0.00989. The number of likely N-dealkylation sites (tertiary alicyclic amines) is 1. The molecule has 0 radical (unpaired) electrons. The molecule has 1 saturated carbocycles. The van der Waals surface area contributed by atoms with Gasteiger partial charge in [-0.25, -0.2) is 9.59 Å². The van der Waals surface area contributed by atoms with Gasteiger partial charge >= 0.3 is 12.1 Å². The molecule has 4 rings (SSSR count). The van der Waals surface area contributed by atoms with Crippen LogP contribution in [-0.4, -0.2) is 60.8 Å². The smallest absolute Gasteiger partial charge is 0.410 e. The molecule has 8 nitrogen and oxygen atoms in total. The van der Waals surface area contributed by atoms with Gasteiger partial charge in [0.05, 0.1) is 18.8 Å². The van der Waals surface area contributed by atoms with Gasteiger partial charge in [0.1, 0.15) is 11.2 Å². The number of nitrogens with zero attached hydrogens (tertiary/aromatic N) is 1.